The first-order valence-electron chi connectivity index (χ1n) is 5.63. The Balaban J connectivity index is 0.000000135. The number of carbonyl (C=O) groups is 1. The fourth-order valence-corrected chi connectivity index (χ4v) is 1.79. The van der Waals surface area contributed by atoms with Gasteiger partial charge in [-0.25, -0.2) is 0 Å². The summed E-state index contributed by atoms with van der Waals surface area (Å²) in [6.07, 6.45) is 1.16. The van der Waals surface area contributed by atoms with E-state index in [9.17, 15) is 4.79 Å². The SMILES string of the molecule is CC1=NCCO1.CC1=NCCS1.O=C1COC=N1. The van der Waals surface area contributed by atoms with Gasteiger partial charge in [-0.05, 0) is 6.92 Å². The Labute approximate surface area is 111 Å². The van der Waals surface area contributed by atoms with Gasteiger partial charge in [0, 0.05) is 19.2 Å². The van der Waals surface area contributed by atoms with E-state index in [4.69, 9.17) is 4.74 Å². The number of ether oxygens (including phenoxy) is 2. The summed E-state index contributed by atoms with van der Waals surface area (Å²) in [7, 11) is 0. The van der Waals surface area contributed by atoms with Gasteiger partial charge in [-0.3, -0.25) is 14.8 Å². The fourth-order valence-electron chi connectivity index (χ4n) is 1.13. The molecule has 0 unspecified atom stereocenters. The van der Waals surface area contributed by atoms with Gasteiger partial charge in [0.05, 0.1) is 11.6 Å². The van der Waals surface area contributed by atoms with Crippen molar-refractivity contribution in [1.29, 1.82) is 0 Å². The Bertz CT molecular complexity index is 341. The number of nitrogens with zero attached hydrogens (tertiary/aromatic N) is 3. The number of hydrogen-bond acceptors (Lipinski definition) is 6. The Morgan fingerprint density at radius 3 is 2.28 bits per heavy atom. The minimum Gasteiger partial charge on any atom is -0.479 e. The average molecular weight is 271 g/mol. The van der Waals surface area contributed by atoms with Crippen LogP contribution in [0.4, 0.5) is 0 Å². The lowest BCUT2D eigenvalue weighted by Gasteiger charge is -1.86. The van der Waals surface area contributed by atoms with Gasteiger partial charge in [0.25, 0.3) is 5.91 Å². The molecule has 0 aromatic rings. The van der Waals surface area contributed by atoms with Crippen LogP contribution in [0.3, 0.4) is 0 Å². The zero-order chi connectivity index (χ0) is 13.2. The smallest absolute Gasteiger partial charge is 0.286 e. The minimum atomic E-state index is -0.199. The highest BCUT2D eigenvalue weighted by atomic mass is 32.2. The number of aliphatic imine (C=N–C) groups is 3. The predicted molar refractivity (Wildman–Crippen MR) is 73.8 cm³/mol. The lowest BCUT2D eigenvalue weighted by atomic mass is 10.7. The highest BCUT2D eigenvalue weighted by Crippen LogP contribution is 2.09. The van der Waals surface area contributed by atoms with Crippen molar-refractivity contribution < 1.29 is 14.3 Å². The summed E-state index contributed by atoms with van der Waals surface area (Å²) in [6, 6.07) is 0. The first-order chi connectivity index (χ1) is 8.68. The molecule has 100 valence electrons. The second kappa shape index (κ2) is 8.68. The van der Waals surface area contributed by atoms with Crippen LogP contribution in [-0.2, 0) is 14.3 Å². The number of thioether (sulfide) groups is 1. The van der Waals surface area contributed by atoms with E-state index >= 15 is 0 Å². The monoisotopic (exact) mass is 271 g/mol. The van der Waals surface area contributed by atoms with Crippen LogP contribution in [0.25, 0.3) is 0 Å². The van der Waals surface area contributed by atoms with Crippen molar-refractivity contribution in [2.24, 2.45) is 15.0 Å². The third kappa shape index (κ3) is 7.05. The van der Waals surface area contributed by atoms with Gasteiger partial charge >= 0.3 is 0 Å². The van der Waals surface area contributed by atoms with E-state index in [1.54, 1.807) is 0 Å². The van der Waals surface area contributed by atoms with Crippen LogP contribution in [-0.4, -0.2) is 55.3 Å². The zero-order valence-electron chi connectivity index (χ0n) is 10.6. The van der Waals surface area contributed by atoms with E-state index in [0.717, 1.165) is 32.0 Å². The Hall–Kier alpha value is -1.37. The molecule has 7 heteroatoms. The molecule has 6 nitrogen and oxygen atoms in total. The van der Waals surface area contributed by atoms with Crippen molar-refractivity contribution in [3.05, 3.63) is 0 Å². The molecule has 0 spiro atoms. The molecule has 1 amide bonds. The highest BCUT2D eigenvalue weighted by molar-refractivity contribution is 8.14. The van der Waals surface area contributed by atoms with Crippen LogP contribution in [0.15, 0.2) is 15.0 Å². The molecule has 0 N–H and O–H groups in total. The number of rotatable bonds is 0. The summed E-state index contributed by atoms with van der Waals surface area (Å²) in [5.74, 6) is 1.83. The predicted octanol–water partition coefficient (Wildman–Crippen LogP) is 1.16. The summed E-state index contributed by atoms with van der Waals surface area (Å²) < 4.78 is 9.32. The van der Waals surface area contributed by atoms with Crippen molar-refractivity contribution >= 4 is 35.0 Å². The highest BCUT2D eigenvalue weighted by Gasteiger charge is 2.01. The number of amides is 1. The van der Waals surface area contributed by atoms with E-state index in [1.807, 2.05) is 18.7 Å². The van der Waals surface area contributed by atoms with Crippen LogP contribution < -0.4 is 0 Å². The maximum Gasteiger partial charge on any atom is 0.286 e. The van der Waals surface area contributed by atoms with Gasteiger partial charge in [-0.2, -0.15) is 4.99 Å². The van der Waals surface area contributed by atoms with Crippen LogP contribution in [0.5, 0.6) is 0 Å². The fraction of sp³-hybridized carbons (Fsp3) is 0.636. The Morgan fingerprint density at radius 2 is 2.11 bits per heavy atom. The van der Waals surface area contributed by atoms with Gasteiger partial charge in [0.2, 0.25) is 0 Å². The lowest BCUT2D eigenvalue weighted by Crippen LogP contribution is -1.92. The molecule has 3 aliphatic rings. The lowest BCUT2D eigenvalue weighted by molar-refractivity contribution is -0.118. The van der Waals surface area contributed by atoms with Gasteiger partial charge in [-0.15, -0.1) is 11.8 Å². The van der Waals surface area contributed by atoms with Crippen LogP contribution in [0.2, 0.25) is 0 Å². The third-order valence-electron chi connectivity index (χ3n) is 1.95. The van der Waals surface area contributed by atoms with Gasteiger partial charge in [-0.1, -0.05) is 0 Å². The summed E-state index contributed by atoms with van der Waals surface area (Å²) >= 11 is 1.85. The quantitative estimate of drug-likeness (QED) is 0.662. The van der Waals surface area contributed by atoms with E-state index in [0.29, 0.717) is 0 Å². The molecular formula is C11H17N3O3S. The second-order valence-corrected chi connectivity index (χ2v) is 4.73. The van der Waals surface area contributed by atoms with Crippen molar-refractivity contribution in [3.63, 3.8) is 0 Å². The van der Waals surface area contributed by atoms with E-state index < -0.39 is 0 Å². The maximum absolute atomic E-state index is 9.92. The third-order valence-corrected chi connectivity index (χ3v) is 2.89. The largest absolute Gasteiger partial charge is 0.479 e. The summed E-state index contributed by atoms with van der Waals surface area (Å²) in [6.45, 7) is 6.72. The molecule has 18 heavy (non-hydrogen) atoms. The van der Waals surface area contributed by atoms with Crippen molar-refractivity contribution in [2.45, 2.75) is 13.8 Å². The molecule has 0 fully saturated rings. The molecule has 0 aliphatic carbocycles. The van der Waals surface area contributed by atoms with Crippen LogP contribution in [0, 0.1) is 0 Å². The van der Waals surface area contributed by atoms with E-state index in [2.05, 4.69) is 26.6 Å². The van der Waals surface area contributed by atoms with Gasteiger partial charge in [0.15, 0.2) is 18.9 Å². The molecule has 0 aromatic carbocycles. The standard InChI is InChI=1S/C4H7NO.C4H7NS.C3H3NO2/c2*1-4-5-2-3-6-4;5-3-1-6-2-4-3/h2*2-3H2,1H3;2H,1H2. The first-order valence-corrected chi connectivity index (χ1v) is 6.61. The normalized spacial score (nSPS) is 19.8. The molecule has 0 saturated carbocycles. The Kier molecular flexibility index (Phi) is 7.09. The molecule has 0 atom stereocenters. The minimum absolute atomic E-state index is 0.125. The maximum atomic E-state index is 9.92. The topological polar surface area (TPSA) is 72.6 Å². The molecule has 3 heterocycles. The average Bonchev–Trinajstić information content (AvgIpc) is 3.05. The molecule has 3 rings (SSSR count). The van der Waals surface area contributed by atoms with Crippen molar-refractivity contribution in [3.8, 4) is 0 Å². The van der Waals surface area contributed by atoms with E-state index in [1.165, 1.54) is 10.8 Å². The Morgan fingerprint density at radius 1 is 1.28 bits per heavy atom. The summed E-state index contributed by atoms with van der Waals surface area (Å²) in [5.41, 5.74) is 0. The van der Waals surface area contributed by atoms with Gasteiger partial charge in [0.1, 0.15) is 6.61 Å². The number of hydrogen-bond donors (Lipinski definition) is 0. The molecule has 0 radical (unpaired) electrons. The second-order valence-electron chi connectivity index (χ2n) is 3.44. The van der Waals surface area contributed by atoms with Crippen molar-refractivity contribution in [2.75, 3.05) is 32.1 Å². The molecule has 3 aliphatic heterocycles. The molecule has 0 saturated heterocycles. The molecule has 0 aromatic heterocycles. The zero-order valence-corrected chi connectivity index (χ0v) is 11.4. The van der Waals surface area contributed by atoms with Crippen LogP contribution >= 0.6 is 11.8 Å². The van der Waals surface area contributed by atoms with Gasteiger partial charge < -0.3 is 9.47 Å². The van der Waals surface area contributed by atoms with E-state index in [-0.39, 0.29) is 12.5 Å². The number of carbonyl (C=O) groups excluding carboxylic acids is 1. The molecular weight excluding hydrogens is 254 g/mol. The summed E-state index contributed by atoms with van der Waals surface area (Å²) in [5, 5.41) is 1.25. The first kappa shape index (κ1) is 14.7. The summed E-state index contributed by atoms with van der Waals surface area (Å²) in [4.78, 5) is 21.2. The van der Waals surface area contributed by atoms with Crippen LogP contribution in [0.1, 0.15) is 13.8 Å². The molecule has 0 bridgehead atoms. The van der Waals surface area contributed by atoms with Crippen molar-refractivity contribution in [1.82, 2.24) is 0 Å².